The molecule has 0 saturated heterocycles. The maximum Gasteiger partial charge on any atom is 0.0570 e. The second-order valence-corrected chi connectivity index (χ2v) is 5.49. The van der Waals surface area contributed by atoms with Crippen molar-refractivity contribution in [2.24, 2.45) is 0 Å². The van der Waals surface area contributed by atoms with Gasteiger partial charge in [-0.25, -0.2) is 0 Å². The number of aliphatic hydroxyl groups is 1. The first-order valence-electron chi connectivity index (χ1n) is 6.85. The first-order valence-corrected chi connectivity index (χ1v) is 6.85. The number of hydrogen-bond donors (Lipinski definition) is 2. The fraction of sp³-hybridized carbons (Fsp3) is 0.600. The standard InChI is InChI=1S/C15H21NO/c17-13-9-12(10-13)16-15-8-4-2-6-11-5-1-3-7-14(11)15/h1,3,5,7,12-13,15-17H,2,4,6,8-10H2. The SMILES string of the molecule is OC1CC(NC2CCCCc3ccccc32)C1. The van der Waals surface area contributed by atoms with Crippen molar-refractivity contribution in [1.82, 2.24) is 5.32 Å². The van der Waals surface area contributed by atoms with Gasteiger partial charge in [0.2, 0.25) is 0 Å². The molecule has 1 aromatic carbocycles. The van der Waals surface area contributed by atoms with Crippen molar-refractivity contribution in [3.8, 4) is 0 Å². The Kier molecular flexibility index (Phi) is 3.17. The van der Waals surface area contributed by atoms with Crippen LogP contribution in [0.1, 0.15) is 49.3 Å². The average molecular weight is 231 g/mol. The maximum atomic E-state index is 9.36. The van der Waals surface area contributed by atoms with E-state index in [0.29, 0.717) is 12.1 Å². The third kappa shape index (κ3) is 2.38. The Labute approximate surface area is 103 Å². The van der Waals surface area contributed by atoms with E-state index < -0.39 is 0 Å². The Morgan fingerprint density at radius 3 is 2.76 bits per heavy atom. The molecule has 1 aromatic rings. The van der Waals surface area contributed by atoms with E-state index in [1.165, 1.54) is 36.8 Å². The zero-order valence-electron chi connectivity index (χ0n) is 10.2. The minimum Gasteiger partial charge on any atom is -0.393 e. The monoisotopic (exact) mass is 231 g/mol. The number of aryl methyl sites for hydroxylation is 1. The molecule has 1 saturated carbocycles. The molecule has 1 unspecified atom stereocenters. The molecule has 1 fully saturated rings. The smallest absolute Gasteiger partial charge is 0.0570 e. The van der Waals surface area contributed by atoms with E-state index >= 15 is 0 Å². The summed E-state index contributed by atoms with van der Waals surface area (Å²) in [6, 6.07) is 9.87. The summed E-state index contributed by atoms with van der Waals surface area (Å²) in [6.45, 7) is 0. The molecule has 17 heavy (non-hydrogen) atoms. The minimum absolute atomic E-state index is 0.0616. The van der Waals surface area contributed by atoms with Crippen molar-refractivity contribution in [3.63, 3.8) is 0 Å². The summed E-state index contributed by atoms with van der Waals surface area (Å²) in [5.41, 5.74) is 3.01. The molecule has 2 aliphatic carbocycles. The molecule has 2 aliphatic rings. The molecular weight excluding hydrogens is 210 g/mol. The molecule has 0 amide bonds. The highest BCUT2D eigenvalue weighted by Crippen LogP contribution is 2.31. The lowest BCUT2D eigenvalue weighted by Crippen LogP contribution is -2.45. The van der Waals surface area contributed by atoms with Crippen LogP contribution in [-0.4, -0.2) is 17.3 Å². The van der Waals surface area contributed by atoms with E-state index in [9.17, 15) is 5.11 Å². The lowest BCUT2D eigenvalue weighted by molar-refractivity contribution is 0.0571. The number of nitrogens with one attached hydrogen (secondary N) is 1. The molecule has 92 valence electrons. The van der Waals surface area contributed by atoms with Gasteiger partial charge >= 0.3 is 0 Å². The van der Waals surface area contributed by atoms with Gasteiger partial charge in [-0.3, -0.25) is 0 Å². The van der Waals surface area contributed by atoms with Crippen molar-refractivity contribution in [3.05, 3.63) is 35.4 Å². The molecule has 0 bridgehead atoms. The topological polar surface area (TPSA) is 32.3 Å². The molecule has 0 spiro atoms. The van der Waals surface area contributed by atoms with Crippen LogP contribution >= 0.6 is 0 Å². The van der Waals surface area contributed by atoms with Gasteiger partial charge in [-0.15, -0.1) is 0 Å². The van der Waals surface area contributed by atoms with Crippen LogP contribution in [0.3, 0.4) is 0 Å². The molecular formula is C15H21NO. The molecule has 0 heterocycles. The predicted octanol–water partition coefficient (Wildman–Crippen LogP) is 2.57. The van der Waals surface area contributed by atoms with Crippen molar-refractivity contribution in [1.29, 1.82) is 0 Å². The van der Waals surface area contributed by atoms with E-state index in [2.05, 4.69) is 29.6 Å². The number of fused-ring (bicyclic) bond motifs is 1. The highest BCUT2D eigenvalue weighted by molar-refractivity contribution is 5.31. The second kappa shape index (κ2) is 4.79. The summed E-state index contributed by atoms with van der Waals surface area (Å²) >= 11 is 0. The largest absolute Gasteiger partial charge is 0.393 e. The Balaban J connectivity index is 1.75. The van der Waals surface area contributed by atoms with Crippen LogP contribution in [0.4, 0.5) is 0 Å². The third-order valence-corrected chi connectivity index (χ3v) is 4.17. The highest BCUT2D eigenvalue weighted by atomic mass is 16.3. The Morgan fingerprint density at radius 1 is 1.12 bits per heavy atom. The number of aliphatic hydroxyl groups excluding tert-OH is 1. The fourth-order valence-electron chi connectivity index (χ4n) is 3.10. The summed E-state index contributed by atoms with van der Waals surface area (Å²) < 4.78 is 0. The van der Waals surface area contributed by atoms with E-state index in [1.807, 2.05) is 0 Å². The van der Waals surface area contributed by atoms with E-state index in [0.717, 1.165) is 12.8 Å². The van der Waals surface area contributed by atoms with Crippen molar-refractivity contribution in [2.75, 3.05) is 0 Å². The van der Waals surface area contributed by atoms with Crippen LogP contribution in [0.2, 0.25) is 0 Å². The predicted molar refractivity (Wildman–Crippen MR) is 68.9 cm³/mol. The minimum atomic E-state index is -0.0616. The van der Waals surface area contributed by atoms with Gasteiger partial charge in [0.05, 0.1) is 6.10 Å². The summed E-state index contributed by atoms with van der Waals surface area (Å²) in [7, 11) is 0. The summed E-state index contributed by atoms with van der Waals surface area (Å²) in [5.74, 6) is 0. The fourth-order valence-corrected chi connectivity index (χ4v) is 3.10. The molecule has 2 N–H and O–H groups in total. The Bertz CT molecular complexity index is 384. The van der Waals surface area contributed by atoms with E-state index in [-0.39, 0.29) is 6.10 Å². The van der Waals surface area contributed by atoms with Crippen LogP contribution in [-0.2, 0) is 6.42 Å². The zero-order valence-corrected chi connectivity index (χ0v) is 10.2. The lowest BCUT2D eigenvalue weighted by Gasteiger charge is -2.35. The summed E-state index contributed by atoms with van der Waals surface area (Å²) in [5, 5.41) is 13.1. The summed E-state index contributed by atoms with van der Waals surface area (Å²) in [6.07, 6.45) is 6.88. The Morgan fingerprint density at radius 2 is 1.94 bits per heavy atom. The Hall–Kier alpha value is -0.860. The number of benzene rings is 1. The highest BCUT2D eigenvalue weighted by Gasteiger charge is 2.30. The summed E-state index contributed by atoms with van der Waals surface area (Å²) in [4.78, 5) is 0. The van der Waals surface area contributed by atoms with Crippen LogP contribution in [0, 0.1) is 0 Å². The molecule has 1 atom stereocenters. The van der Waals surface area contributed by atoms with Crippen molar-refractivity contribution >= 4 is 0 Å². The molecule has 2 nitrogen and oxygen atoms in total. The van der Waals surface area contributed by atoms with Gasteiger partial charge in [-0.1, -0.05) is 30.7 Å². The van der Waals surface area contributed by atoms with Gasteiger partial charge in [-0.05, 0) is 43.2 Å². The normalized spacial score (nSPS) is 32.4. The molecule has 0 aromatic heterocycles. The van der Waals surface area contributed by atoms with Crippen LogP contribution in [0.15, 0.2) is 24.3 Å². The third-order valence-electron chi connectivity index (χ3n) is 4.17. The molecule has 2 heteroatoms. The van der Waals surface area contributed by atoms with Gasteiger partial charge < -0.3 is 10.4 Å². The van der Waals surface area contributed by atoms with Gasteiger partial charge in [0.15, 0.2) is 0 Å². The quantitative estimate of drug-likeness (QED) is 0.767. The van der Waals surface area contributed by atoms with Gasteiger partial charge in [0.25, 0.3) is 0 Å². The number of hydrogen-bond acceptors (Lipinski definition) is 2. The average Bonchev–Trinajstić information content (AvgIpc) is 2.50. The van der Waals surface area contributed by atoms with Gasteiger partial charge in [0, 0.05) is 12.1 Å². The number of rotatable bonds is 2. The van der Waals surface area contributed by atoms with E-state index in [1.54, 1.807) is 0 Å². The van der Waals surface area contributed by atoms with Crippen molar-refractivity contribution in [2.45, 2.75) is 56.7 Å². The lowest BCUT2D eigenvalue weighted by atomic mass is 9.87. The maximum absolute atomic E-state index is 9.36. The molecule has 0 radical (unpaired) electrons. The van der Waals surface area contributed by atoms with Crippen LogP contribution in [0.25, 0.3) is 0 Å². The molecule has 3 rings (SSSR count). The first-order chi connectivity index (χ1) is 8.33. The van der Waals surface area contributed by atoms with Gasteiger partial charge in [-0.2, -0.15) is 0 Å². The van der Waals surface area contributed by atoms with Gasteiger partial charge in [0.1, 0.15) is 0 Å². The van der Waals surface area contributed by atoms with E-state index in [4.69, 9.17) is 0 Å². The molecule has 0 aliphatic heterocycles. The zero-order chi connectivity index (χ0) is 11.7. The van der Waals surface area contributed by atoms with Crippen LogP contribution < -0.4 is 5.32 Å². The first kappa shape index (κ1) is 11.2. The second-order valence-electron chi connectivity index (χ2n) is 5.49. The van der Waals surface area contributed by atoms with Crippen LogP contribution in [0.5, 0.6) is 0 Å². The van der Waals surface area contributed by atoms with Crippen molar-refractivity contribution < 1.29 is 5.11 Å².